The van der Waals surface area contributed by atoms with Crippen LogP contribution in [0.3, 0.4) is 0 Å². The first kappa shape index (κ1) is 13.7. The molecule has 0 spiro atoms. The molecule has 1 rings (SSSR count). The lowest BCUT2D eigenvalue weighted by Crippen LogP contribution is -2.42. The van der Waals surface area contributed by atoms with Gasteiger partial charge in [-0.2, -0.15) is 0 Å². The first-order valence-corrected chi connectivity index (χ1v) is 5.98. The third-order valence-corrected chi connectivity index (χ3v) is 3.08. The van der Waals surface area contributed by atoms with E-state index in [4.69, 9.17) is 4.74 Å². The van der Waals surface area contributed by atoms with Crippen molar-refractivity contribution >= 4 is 11.9 Å². The summed E-state index contributed by atoms with van der Waals surface area (Å²) in [7, 11) is 1.36. The highest BCUT2D eigenvalue weighted by atomic mass is 16.5. The van der Waals surface area contributed by atoms with Crippen LogP contribution in [0.5, 0.6) is 0 Å². The Morgan fingerprint density at radius 2 is 2.12 bits per heavy atom. The van der Waals surface area contributed by atoms with E-state index in [2.05, 4.69) is 11.4 Å². The summed E-state index contributed by atoms with van der Waals surface area (Å²) in [5.74, 6) is -0.221. The van der Waals surface area contributed by atoms with Crippen LogP contribution >= 0.6 is 0 Å². The van der Waals surface area contributed by atoms with E-state index >= 15 is 0 Å². The first-order valence-electron chi connectivity index (χ1n) is 5.98. The van der Waals surface area contributed by atoms with Crippen molar-refractivity contribution in [3.8, 4) is 0 Å². The van der Waals surface area contributed by atoms with E-state index in [1.54, 1.807) is 13.8 Å². The summed E-state index contributed by atoms with van der Waals surface area (Å²) in [5, 5.41) is 2.83. The quantitative estimate of drug-likeness (QED) is 0.599. The second-order valence-corrected chi connectivity index (χ2v) is 5.07. The number of carbonyl (C=O) groups excluding carboxylic acids is 2. The van der Waals surface area contributed by atoms with Crippen LogP contribution in [0, 0.1) is 11.3 Å². The molecular weight excluding hydrogens is 218 g/mol. The molecule has 4 heteroatoms. The van der Waals surface area contributed by atoms with Crippen LogP contribution < -0.4 is 5.32 Å². The number of rotatable bonds is 4. The van der Waals surface area contributed by atoms with Crippen molar-refractivity contribution < 1.29 is 14.3 Å². The standard InChI is InChI=1S/C13H21NO3/c1-13(2,12(16)17-3)9-14-11(15)10-7-5-4-6-8-10/h4-5,10H,6-9H2,1-3H3,(H,14,15)/t10-/m1/s1. The van der Waals surface area contributed by atoms with Crippen molar-refractivity contribution in [2.45, 2.75) is 33.1 Å². The molecule has 0 heterocycles. The van der Waals surface area contributed by atoms with Gasteiger partial charge in [0.15, 0.2) is 0 Å². The number of allylic oxidation sites excluding steroid dienone is 2. The van der Waals surface area contributed by atoms with Crippen molar-refractivity contribution in [1.29, 1.82) is 0 Å². The number of ether oxygens (including phenoxy) is 1. The van der Waals surface area contributed by atoms with Gasteiger partial charge in [0, 0.05) is 12.5 Å². The summed E-state index contributed by atoms with van der Waals surface area (Å²) < 4.78 is 4.69. The Hall–Kier alpha value is -1.32. The molecule has 0 aliphatic heterocycles. The molecule has 0 aromatic heterocycles. The summed E-state index contributed by atoms with van der Waals surface area (Å²) >= 11 is 0. The van der Waals surface area contributed by atoms with Crippen molar-refractivity contribution in [2.24, 2.45) is 11.3 Å². The Kier molecular flexibility index (Phi) is 4.73. The molecule has 0 unspecified atom stereocenters. The molecular formula is C13H21NO3. The molecule has 0 saturated carbocycles. The van der Waals surface area contributed by atoms with Gasteiger partial charge in [0.2, 0.25) is 5.91 Å². The Labute approximate surface area is 102 Å². The van der Waals surface area contributed by atoms with Gasteiger partial charge in [-0.1, -0.05) is 12.2 Å². The van der Waals surface area contributed by atoms with E-state index in [0.717, 1.165) is 19.3 Å². The highest BCUT2D eigenvalue weighted by Crippen LogP contribution is 2.20. The van der Waals surface area contributed by atoms with E-state index in [-0.39, 0.29) is 17.8 Å². The maximum Gasteiger partial charge on any atom is 0.313 e. The van der Waals surface area contributed by atoms with Gasteiger partial charge in [-0.25, -0.2) is 0 Å². The van der Waals surface area contributed by atoms with Crippen molar-refractivity contribution in [3.05, 3.63) is 12.2 Å². The molecule has 0 aromatic carbocycles. The van der Waals surface area contributed by atoms with Crippen molar-refractivity contribution in [1.82, 2.24) is 5.32 Å². The number of esters is 1. The minimum atomic E-state index is -0.672. The van der Waals surface area contributed by atoms with E-state index in [0.29, 0.717) is 6.54 Å². The van der Waals surface area contributed by atoms with Crippen LogP contribution in [0.4, 0.5) is 0 Å². The minimum Gasteiger partial charge on any atom is -0.469 e. The topological polar surface area (TPSA) is 55.4 Å². The summed E-state index contributed by atoms with van der Waals surface area (Å²) in [6.07, 6.45) is 6.78. The monoisotopic (exact) mass is 239 g/mol. The number of hydrogen-bond donors (Lipinski definition) is 1. The Morgan fingerprint density at radius 3 is 2.65 bits per heavy atom. The van der Waals surface area contributed by atoms with Crippen LogP contribution in [0.15, 0.2) is 12.2 Å². The van der Waals surface area contributed by atoms with Gasteiger partial charge >= 0.3 is 5.97 Å². The fourth-order valence-electron chi connectivity index (χ4n) is 1.83. The highest BCUT2D eigenvalue weighted by Gasteiger charge is 2.30. The molecule has 4 nitrogen and oxygen atoms in total. The third kappa shape index (κ3) is 3.88. The van der Waals surface area contributed by atoms with Crippen LogP contribution in [0.1, 0.15) is 33.1 Å². The van der Waals surface area contributed by atoms with Crippen LogP contribution in [0.2, 0.25) is 0 Å². The predicted molar refractivity (Wildman–Crippen MR) is 65.3 cm³/mol. The Balaban J connectivity index is 2.42. The predicted octanol–water partition coefficient (Wildman–Crippen LogP) is 1.66. The van der Waals surface area contributed by atoms with Crippen molar-refractivity contribution in [3.63, 3.8) is 0 Å². The smallest absolute Gasteiger partial charge is 0.313 e. The fourth-order valence-corrected chi connectivity index (χ4v) is 1.83. The van der Waals surface area contributed by atoms with Gasteiger partial charge in [0.05, 0.1) is 12.5 Å². The van der Waals surface area contributed by atoms with E-state index in [1.807, 2.05) is 6.08 Å². The molecule has 1 aliphatic rings. The summed E-state index contributed by atoms with van der Waals surface area (Å²) in [6.45, 7) is 3.85. The van der Waals surface area contributed by atoms with Crippen LogP contribution in [-0.4, -0.2) is 25.5 Å². The molecule has 0 radical (unpaired) electrons. The second-order valence-electron chi connectivity index (χ2n) is 5.07. The number of methoxy groups -OCH3 is 1. The lowest BCUT2D eigenvalue weighted by molar-refractivity contribution is -0.150. The maximum absolute atomic E-state index is 11.9. The average Bonchev–Trinajstić information content (AvgIpc) is 2.36. The summed E-state index contributed by atoms with van der Waals surface area (Å²) in [4.78, 5) is 23.3. The normalized spacial score (nSPS) is 19.8. The second kappa shape index (κ2) is 5.84. The molecule has 0 fully saturated rings. The molecule has 0 aromatic rings. The van der Waals surface area contributed by atoms with Gasteiger partial charge in [0.25, 0.3) is 0 Å². The van der Waals surface area contributed by atoms with E-state index < -0.39 is 5.41 Å². The summed E-state index contributed by atoms with van der Waals surface area (Å²) in [6, 6.07) is 0. The largest absolute Gasteiger partial charge is 0.469 e. The zero-order valence-electron chi connectivity index (χ0n) is 10.8. The number of nitrogens with one attached hydrogen (secondary N) is 1. The van der Waals surface area contributed by atoms with Gasteiger partial charge in [-0.15, -0.1) is 0 Å². The number of carbonyl (C=O) groups is 2. The lowest BCUT2D eigenvalue weighted by atomic mass is 9.91. The third-order valence-electron chi connectivity index (χ3n) is 3.08. The van der Waals surface area contributed by atoms with Gasteiger partial charge in [-0.3, -0.25) is 9.59 Å². The fraction of sp³-hybridized carbons (Fsp3) is 0.692. The Bertz CT molecular complexity index is 321. The van der Waals surface area contributed by atoms with E-state index in [1.165, 1.54) is 7.11 Å². The van der Waals surface area contributed by atoms with E-state index in [9.17, 15) is 9.59 Å². The lowest BCUT2D eigenvalue weighted by Gasteiger charge is -2.24. The zero-order chi connectivity index (χ0) is 12.9. The van der Waals surface area contributed by atoms with Crippen LogP contribution in [0.25, 0.3) is 0 Å². The molecule has 17 heavy (non-hydrogen) atoms. The number of hydrogen-bond acceptors (Lipinski definition) is 3. The molecule has 96 valence electrons. The molecule has 1 aliphatic carbocycles. The summed E-state index contributed by atoms with van der Waals surface area (Å²) in [5.41, 5.74) is -0.672. The molecule has 1 amide bonds. The van der Waals surface area contributed by atoms with Crippen LogP contribution in [-0.2, 0) is 14.3 Å². The van der Waals surface area contributed by atoms with Gasteiger partial charge in [0.1, 0.15) is 0 Å². The highest BCUT2D eigenvalue weighted by molar-refractivity contribution is 5.81. The SMILES string of the molecule is COC(=O)C(C)(C)CNC(=O)[C@@H]1CC=CCC1. The molecule has 1 atom stereocenters. The minimum absolute atomic E-state index is 0.0336. The molecule has 0 bridgehead atoms. The molecule has 0 saturated heterocycles. The Morgan fingerprint density at radius 1 is 1.41 bits per heavy atom. The van der Waals surface area contributed by atoms with Gasteiger partial charge < -0.3 is 10.1 Å². The maximum atomic E-state index is 11.9. The average molecular weight is 239 g/mol. The molecule has 1 N–H and O–H groups in total. The zero-order valence-corrected chi connectivity index (χ0v) is 10.8. The first-order chi connectivity index (χ1) is 7.97. The van der Waals surface area contributed by atoms with Crippen molar-refractivity contribution in [2.75, 3.05) is 13.7 Å². The number of amides is 1. The van der Waals surface area contributed by atoms with Gasteiger partial charge in [-0.05, 0) is 33.1 Å².